The number of fused-ring (bicyclic) bond motifs is 10. The fraction of sp³-hybridized carbons (Fsp3) is 0.0370. The summed E-state index contributed by atoms with van der Waals surface area (Å²) < 4.78 is 0. The molecule has 262 valence electrons. The fourth-order valence-electron chi connectivity index (χ4n) is 9.70. The summed E-state index contributed by atoms with van der Waals surface area (Å²) in [7, 11) is 0. The van der Waals surface area contributed by atoms with Gasteiger partial charge in [-0.3, -0.25) is 0 Å². The summed E-state index contributed by atoms with van der Waals surface area (Å²) >= 11 is 0. The number of aryl methyl sites for hydroxylation is 2. The van der Waals surface area contributed by atoms with E-state index in [1.54, 1.807) is 0 Å². The molecule has 0 radical (unpaired) electrons. The molecular weight excluding hydrogens is 677 g/mol. The standard InChI is InChI=1S/C54H36N2/c1-33-19-25-51-47(27-33)43-13-5-3-11-41(43)45-15-7-9-17-49(45)55(51)39-29-35-21-23-37-31-40(32-38-24-22-36(30-39)53(35)54(37)38)56-50-18-10-8-16-46(50)42-12-4-6-14-44(42)48-28-34(2)20-26-52(48)56/h3-32H,1-2H3. The van der Waals surface area contributed by atoms with Crippen LogP contribution < -0.4 is 9.80 Å². The molecule has 0 N–H and O–H groups in total. The van der Waals surface area contributed by atoms with E-state index in [0.29, 0.717) is 0 Å². The van der Waals surface area contributed by atoms with Gasteiger partial charge in [-0.05, 0) is 129 Å². The smallest absolute Gasteiger partial charge is 0.0540 e. The maximum atomic E-state index is 2.48. The molecule has 0 spiro atoms. The Labute approximate surface area is 326 Å². The van der Waals surface area contributed by atoms with E-state index < -0.39 is 0 Å². The van der Waals surface area contributed by atoms with E-state index in [2.05, 4.69) is 206 Å². The van der Waals surface area contributed by atoms with E-state index in [1.165, 1.54) is 111 Å². The molecule has 2 heterocycles. The third kappa shape index (κ3) is 4.44. The van der Waals surface area contributed by atoms with Gasteiger partial charge < -0.3 is 9.80 Å². The van der Waals surface area contributed by atoms with Crippen molar-refractivity contribution in [3.8, 4) is 44.5 Å². The third-order valence-corrected chi connectivity index (χ3v) is 12.1. The van der Waals surface area contributed by atoms with Gasteiger partial charge in [0.1, 0.15) is 0 Å². The summed E-state index contributed by atoms with van der Waals surface area (Å²) in [6, 6.07) is 68.1. The zero-order valence-corrected chi connectivity index (χ0v) is 31.2. The molecule has 10 aromatic rings. The largest absolute Gasteiger partial charge is 0.309 e. The van der Waals surface area contributed by atoms with Crippen molar-refractivity contribution in [3.05, 3.63) is 193 Å². The minimum Gasteiger partial charge on any atom is -0.309 e. The summed E-state index contributed by atoms with van der Waals surface area (Å²) in [5.41, 5.74) is 19.7. The summed E-state index contributed by atoms with van der Waals surface area (Å²) in [5.74, 6) is 0. The van der Waals surface area contributed by atoms with Gasteiger partial charge in [0.2, 0.25) is 0 Å². The van der Waals surface area contributed by atoms with Crippen LogP contribution in [0.25, 0.3) is 76.8 Å². The lowest BCUT2D eigenvalue weighted by molar-refractivity contribution is 1.29. The molecule has 0 aliphatic carbocycles. The summed E-state index contributed by atoms with van der Waals surface area (Å²) in [6.07, 6.45) is 0. The Bertz CT molecular complexity index is 2960. The van der Waals surface area contributed by atoms with E-state index in [1.807, 2.05) is 0 Å². The number of nitrogens with zero attached hydrogens (tertiary/aromatic N) is 2. The lowest BCUT2D eigenvalue weighted by Crippen LogP contribution is -2.11. The van der Waals surface area contributed by atoms with Gasteiger partial charge in [-0.2, -0.15) is 0 Å². The van der Waals surface area contributed by atoms with Gasteiger partial charge >= 0.3 is 0 Å². The Kier molecular flexibility index (Phi) is 6.50. The molecule has 2 aliphatic rings. The number of rotatable bonds is 2. The first-order valence-corrected chi connectivity index (χ1v) is 19.5. The molecule has 0 amide bonds. The highest BCUT2D eigenvalue weighted by Gasteiger charge is 2.29. The van der Waals surface area contributed by atoms with Crippen molar-refractivity contribution in [3.63, 3.8) is 0 Å². The average Bonchev–Trinajstić information content (AvgIpc) is 3.44. The van der Waals surface area contributed by atoms with Crippen LogP contribution in [0.2, 0.25) is 0 Å². The first kappa shape index (κ1) is 31.2. The van der Waals surface area contributed by atoms with Gasteiger partial charge in [0.25, 0.3) is 0 Å². The maximum Gasteiger partial charge on any atom is 0.0540 e. The highest BCUT2D eigenvalue weighted by molar-refractivity contribution is 6.25. The van der Waals surface area contributed by atoms with Crippen LogP contribution in [0, 0.1) is 13.8 Å². The highest BCUT2D eigenvalue weighted by Crippen LogP contribution is 2.54. The van der Waals surface area contributed by atoms with Crippen molar-refractivity contribution in [1.29, 1.82) is 0 Å². The van der Waals surface area contributed by atoms with Crippen molar-refractivity contribution >= 4 is 66.4 Å². The lowest BCUT2D eigenvalue weighted by atomic mass is 9.92. The second kappa shape index (κ2) is 11.7. The van der Waals surface area contributed by atoms with E-state index >= 15 is 0 Å². The number of benzene rings is 10. The topological polar surface area (TPSA) is 6.48 Å². The SMILES string of the molecule is Cc1ccc2c(c1)-c1ccccc1-c1ccccc1N2c1cc2ccc3cc(N4c5ccccc5-c5ccccc5-c5cc(C)ccc54)cc4ccc(c1)c2c34. The molecule has 0 bridgehead atoms. The van der Waals surface area contributed by atoms with Crippen molar-refractivity contribution < 1.29 is 0 Å². The fourth-order valence-corrected chi connectivity index (χ4v) is 9.70. The molecule has 2 heteroatoms. The third-order valence-electron chi connectivity index (χ3n) is 12.1. The number of anilines is 6. The minimum atomic E-state index is 1.16. The van der Waals surface area contributed by atoms with Crippen LogP contribution in [0.3, 0.4) is 0 Å². The highest BCUT2D eigenvalue weighted by atomic mass is 15.2. The summed E-state index contributed by atoms with van der Waals surface area (Å²) in [6.45, 7) is 4.38. The van der Waals surface area contributed by atoms with Crippen molar-refractivity contribution in [2.45, 2.75) is 13.8 Å². The van der Waals surface area contributed by atoms with Gasteiger partial charge in [0, 0.05) is 33.6 Å². The predicted octanol–water partition coefficient (Wildman–Crippen LogP) is 15.4. The van der Waals surface area contributed by atoms with E-state index in [-0.39, 0.29) is 0 Å². The van der Waals surface area contributed by atoms with E-state index in [0.717, 1.165) is 11.4 Å². The predicted molar refractivity (Wildman–Crippen MR) is 238 cm³/mol. The monoisotopic (exact) mass is 712 g/mol. The van der Waals surface area contributed by atoms with E-state index in [9.17, 15) is 0 Å². The Morgan fingerprint density at radius 2 is 0.571 bits per heavy atom. The second-order valence-electron chi connectivity index (χ2n) is 15.5. The zero-order valence-electron chi connectivity index (χ0n) is 31.2. The number of hydrogen-bond acceptors (Lipinski definition) is 2. The molecule has 0 saturated carbocycles. The molecular formula is C54H36N2. The Balaban J connectivity index is 1.07. The summed E-state index contributed by atoms with van der Waals surface area (Å²) in [4.78, 5) is 4.95. The zero-order chi connectivity index (χ0) is 37.1. The van der Waals surface area contributed by atoms with Crippen LogP contribution >= 0.6 is 0 Å². The van der Waals surface area contributed by atoms with Crippen LogP contribution in [0.4, 0.5) is 34.1 Å². The Morgan fingerprint density at radius 3 is 0.946 bits per heavy atom. The molecule has 10 aromatic carbocycles. The minimum absolute atomic E-state index is 1.16. The lowest BCUT2D eigenvalue weighted by Gasteiger charge is -2.29. The molecule has 12 rings (SSSR count). The Hall–Kier alpha value is -7.16. The molecule has 0 unspecified atom stereocenters. The molecule has 56 heavy (non-hydrogen) atoms. The van der Waals surface area contributed by atoms with E-state index in [4.69, 9.17) is 0 Å². The second-order valence-corrected chi connectivity index (χ2v) is 15.5. The molecule has 2 aliphatic heterocycles. The number of para-hydroxylation sites is 2. The van der Waals surface area contributed by atoms with Crippen molar-refractivity contribution in [2.75, 3.05) is 9.80 Å². The van der Waals surface area contributed by atoms with Gasteiger partial charge in [0.05, 0.1) is 22.7 Å². The van der Waals surface area contributed by atoms with Crippen LogP contribution in [-0.2, 0) is 0 Å². The Morgan fingerprint density at radius 1 is 0.268 bits per heavy atom. The van der Waals surface area contributed by atoms with Crippen molar-refractivity contribution in [2.24, 2.45) is 0 Å². The molecule has 0 aromatic heterocycles. The summed E-state index contributed by atoms with van der Waals surface area (Å²) in [5, 5.41) is 7.59. The van der Waals surface area contributed by atoms with Gasteiger partial charge in [-0.25, -0.2) is 0 Å². The molecule has 2 nitrogen and oxygen atoms in total. The first-order valence-electron chi connectivity index (χ1n) is 19.5. The first-order chi connectivity index (χ1) is 27.6. The van der Waals surface area contributed by atoms with Crippen LogP contribution in [0.5, 0.6) is 0 Å². The van der Waals surface area contributed by atoms with Crippen molar-refractivity contribution in [1.82, 2.24) is 0 Å². The maximum absolute atomic E-state index is 2.48. The van der Waals surface area contributed by atoms with Crippen LogP contribution in [0.15, 0.2) is 182 Å². The molecule has 0 saturated heterocycles. The quantitative estimate of drug-likeness (QED) is 0.165. The average molecular weight is 713 g/mol. The molecule has 0 fully saturated rings. The number of hydrogen-bond donors (Lipinski definition) is 0. The van der Waals surface area contributed by atoms with Gasteiger partial charge in [0.15, 0.2) is 0 Å². The normalized spacial score (nSPS) is 12.8. The van der Waals surface area contributed by atoms with Crippen LogP contribution in [0.1, 0.15) is 11.1 Å². The molecule has 0 atom stereocenters. The van der Waals surface area contributed by atoms with Gasteiger partial charge in [-0.15, -0.1) is 0 Å². The van der Waals surface area contributed by atoms with Gasteiger partial charge in [-0.1, -0.05) is 132 Å². The van der Waals surface area contributed by atoms with Crippen LogP contribution in [-0.4, -0.2) is 0 Å².